The molecule has 4 rings (SSSR count). The van der Waals surface area contributed by atoms with Crippen LogP contribution >= 0.6 is 11.6 Å². The van der Waals surface area contributed by atoms with E-state index in [1.807, 2.05) is 54.6 Å². The summed E-state index contributed by atoms with van der Waals surface area (Å²) >= 11 is 5.98. The number of hydrogen-bond donors (Lipinski definition) is 1. The standard InChI is InChI=1S/C21H19ClN2O2/c22-16-7-5-15(6-8-16)20-11-18(17-3-1-2-4-19(17)24-20)21(25)23-12-14-9-10-26-13-14/h1-8,11,14H,9-10,12-13H2,(H,23,25). The SMILES string of the molecule is O=C(NCC1CCOC1)c1cc(-c2ccc(Cl)cc2)nc2ccccc12. The first-order valence-corrected chi connectivity index (χ1v) is 9.10. The van der Waals surface area contributed by atoms with E-state index in [1.54, 1.807) is 0 Å². The third-order valence-electron chi connectivity index (χ3n) is 4.68. The normalized spacial score (nSPS) is 16.7. The predicted octanol–water partition coefficient (Wildman–Crippen LogP) is 4.32. The maximum Gasteiger partial charge on any atom is 0.252 e. The molecule has 4 nitrogen and oxygen atoms in total. The molecule has 3 aromatic rings. The lowest BCUT2D eigenvalue weighted by atomic mass is 10.0. The van der Waals surface area contributed by atoms with Gasteiger partial charge in [0.05, 0.1) is 23.4 Å². The predicted molar refractivity (Wildman–Crippen MR) is 103 cm³/mol. The Morgan fingerprint density at radius 3 is 2.77 bits per heavy atom. The third-order valence-corrected chi connectivity index (χ3v) is 4.93. The van der Waals surface area contributed by atoms with Gasteiger partial charge in [0.1, 0.15) is 0 Å². The number of halogens is 1. The third kappa shape index (κ3) is 3.57. The second-order valence-electron chi connectivity index (χ2n) is 6.52. The molecule has 1 N–H and O–H groups in total. The minimum absolute atomic E-state index is 0.0780. The highest BCUT2D eigenvalue weighted by molar-refractivity contribution is 6.30. The first kappa shape index (κ1) is 17.0. The van der Waals surface area contributed by atoms with Crippen molar-refractivity contribution in [3.05, 3.63) is 65.2 Å². The zero-order valence-corrected chi connectivity index (χ0v) is 15.0. The van der Waals surface area contributed by atoms with Gasteiger partial charge in [-0.05, 0) is 30.7 Å². The van der Waals surface area contributed by atoms with Crippen molar-refractivity contribution in [2.45, 2.75) is 6.42 Å². The van der Waals surface area contributed by atoms with Gasteiger partial charge in [0.25, 0.3) is 5.91 Å². The van der Waals surface area contributed by atoms with Crippen molar-refractivity contribution >= 4 is 28.4 Å². The van der Waals surface area contributed by atoms with Crippen molar-refractivity contribution in [3.63, 3.8) is 0 Å². The average Bonchev–Trinajstić information content (AvgIpc) is 3.19. The van der Waals surface area contributed by atoms with Gasteiger partial charge < -0.3 is 10.1 Å². The van der Waals surface area contributed by atoms with E-state index in [0.717, 1.165) is 35.2 Å². The summed E-state index contributed by atoms with van der Waals surface area (Å²) in [7, 11) is 0. The van der Waals surface area contributed by atoms with E-state index < -0.39 is 0 Å². The Morgan fingerprint density at radius 1 is 1.19 bits per heavy atom. The summed E-state index contributed by atoms with van der Waals surface area (Å²) in [6, 6.07) is 17.0. The van der Waals surface area contributed by atoms with Gasteiger partial charge >= 0.3 is 0 Å². The van der Waals surface area contributed by atoms with Crippen molar-refractivity contribution < 1.29 is 9.53 Å². The number of carbonyl (C=O) groups is 1. The van der Waals surface area contributed by atoms with E-state index in [-0.39, 0.29) is 5.91 Å². The van der Waals surface area contributed by atoms with Gasteiger partial charge in [0.2, 0.25) is 0 Å². The van der Waals surface area contributed by atoms with Crippen LogP contribution in [0.4, 0.5) is 0 Å². The molecule has 1 aliphatic heterocycles. The molecule has 2 heterocycles. The van der Waals surface area contributed by atoms with Gasteiger partial charge in [-0.25, -0.2) is 4.98 Å². The Labute approximate surface area is 157 Å². The fourth-order valence-corrected chi connectivity index (χ4v) is 3.33. The van der Waals surface area contributed by atoms with E-state index >= 15 is 0 Å². The molecule has 0 spiro atoms. The number of para-hydroxylation sites is 1. The van der Waals surface area contributed by atoms with E-state index in [4.69, 9.17) is 21.3 Å². The summed E-state index contributed by atoms with van der Waals surface area (Å²) < 4.78 is 5.38. The van der Waals surface area contributed by atoms with Crippen molar-refractivity contribution in [2.24, 2.45) is 5.92 Å². The summed E-state index contributed by atoms with van der Waals surface area (Å²) in [5.41, 5.74) is 3.13. The second kappa shape index (κ2) is 7.44. The fraction of sp³-hybridized carbons (Fsp3) is 0.238. The smallest absolute Gasteiger partial charge is 0.252 e. The molecule has 0 bridgehead atoms. The minimum Gasteiger partial charge on any atom is -0.381 e. The number of nitrogens with one attached hydrogen (secondary N) is 1. The lowest BCUT2D eigenvalue weighted by molar-refractivity contribution is 0.0946. The molecule has 1 fully saturated rings. The van der Waals surface area contributed by atoms with Crippen LogP contribution in [0.5, 0.6) is 0 Å². The number of pyridine rings is 1. The van der Waals surface area contributed by atoms with E-state index in [9.17, 15) is 4.79 Å². The van der Waals surface area contributed by atoms with Crippen molar-refractivity contribution in [1.29, 1.82) is 0 Å². The highest BCUT2D eigenvalue weighted by Crippen LogP contribution is 2.26. The van der Waals surface area contributed by atoms with Crippen molar-refractivity contribution in [3.8, 4) is 11.3 Å². The maximum absolute atomic E-state index is 12.9. The number of hydrogen-bond acceptors (Lipinski definition) is 3. The van der Waals surface area contributed by atoms with Crippen LogP contribution in [0.3, 0.4) is 0 Å². The number of aromatic nitrogens is 1. The van der Waals surface area contributed by atoms with Crippen molar-refractivity contribution in [1.82, 2.24) is 10.3 Å². The fourth-order valence-electron chi connectivity index (χ4n) is 3.21. The van der Waals surface area contributed by atoms with Crippen LogP contribution in [0.25, 0.3) is 22.2 Å². The topological polar surface area (TPSA) is 51.2 Å². The highest BCUT2D eigenvalue weighted by atomic mass is 35.5. The molecular formula is C21H19ClN2O2. The average molecular weight is 367 g/mol. The van der Waals surface area contributed by atoms with Gasteiger partial charge in [-0.1, -0.05) is 41.9 Å². The largest absolute Gasteiger partial charge is 0.381 e. The number of carbonyl (C=O) groups excluding carboxylic acids is 1. The first-order valence-electron chi connectivity index (χ1n) is 8.72. The zero-order chi connectivity index (χ0) is 17.9. The van der Waals surface area contributed by atoms with Crippen LogP contribution < -0.4 is 5.32 Å². The summed E-state index contributed by atoms with van der Waals surface area (Å²) in [4.78, 5) is 17.6. The summed E-state index contributed by atoms with van der Waals surface area (Å²) in [6.07, 6.45) is 0.993. The number of nitrogens with zero attached hydrogens (tertiary/aromatic N) is 1. The van der Waals surface area contributed by atoms with Gasteiger partial charge in [-0.2, -0.15) is 0 Å². The molecule has 0 aliphatic carbocycles. The Bertz CT molecular complexity index is 934. The van der Waals surface area contributed by atoms with Gasteiger partial charge in [0.15, 0.2) is 0 Å². The molecular weight excluding hydrogens is 348 g/mol. The number of ether oxygens (including phenoxy) is 1. The number of amides is 1. The molecule has 1 saturated heterocycles. The quantitative estimate of drug-likeness (QED) is 0.748. The molecule has 132 valence electrons. The van der Waals surface area contributed by atoms with E-state index in [0.29, 0.717) is 29.7 Å². The van der Waals surface area contributed by atoms with Crippen LogP contribution in [0.15, 0.2) is 54.6 Å². The Kier molecular flexibility index (Phi) is 4.87. The molecule has 5 heteroatoms. The minimum atomic E-state index is -0.0780. The van der Waals surface area contributed by atoms with Crippen LogP contribution in [0.2, 0.25) is 5.02 Å². The van der Waals surface area contributed by atoms with Crippen LogP contribution in [-0.2, 0) is 4.74 Å². The zero-order valence-electron chi connectivity index (χ0n) is 14.2. The van der Waals surface area contributed by atoms with Crippen LogP contribution in [-0.4, -0.2) is 30.6 Å². The first-order chi connectivity index (χ1) is 12.7. The van der Waals surface area contributed by atoms with Gasteiger partial charge in [-0.15, -0.1) is 0 Å². The molecule has 1 atom stereocenters. The van der Waals surface area contributed by atoms with Gasteiger partial charge in [0, 0.05) is 35.0 Å². The summed E-state index contributed by atoms with van der Waals surface area (Å²) in [5, 5.41) is 4.58. The van der Waals surface area contributed by atoms with Crippen molar-refractivity contribution in [2.75, 3.05) is 19.8 Å². The molecule has 1 unspecified atom stereocenters. The lowest BCUT2D eigenvalue weighted by Crippen LogP contribution is -2.29. The Hall–Kier alpha value is -2.43. The molecule has 1 amide bonds. The number of rotatable bonds is 4. The van der Waals surface area contributed by atoms with Crippen LogP contribution in [0.1, 0.15) is 16.8 Å². The lowest BCUT2D eigenvalue weighted by Gasteiger charge is -2.12. The molecule has 0 radical (unpaired) electrons. The molecule has 1 aromatic heterocycles. The number of benzene rings is 2. The van der Waals surface area contributed by atoms with E-state index in [2.05, 4.69) is 5.32 Å². The highest BCUT2D eigenvalue weighted by Gasteiger charge is 2.18. The summed E-state index contributed by atoms with van der Waals surface area (Å²) in [6.45, 7) is 2.12. The maximum atomic E-state index is 12.9. The van der Waals surface area contributed by atoms with E-state index in [1.165, 1.54) is 0 Å². The van der Waals surface area contributed by atoms with Gasteiger partial charge in [-0.3, -0.25) is 4.79 Å². The monoisotopic (exact) mass is 366 g/mol. The Balaban J connectivity index is 1.69. The molecule has 1 aliphatic rings. The molecule has 0 saturated carbocycles. The molecule has 2 aromatic carbocycles. The van der Waals surface area contributed by atoms with Crippen LogP contribution in [0, 0.1) is 5.92 Å². The summed E-state index contributed by atoms with van der Waals surface area (Å²) in [5.74, 6) is 0.313. The molecule has 26 heavy (non-hydrogen) atoms. The second-order valence-corrected chi connectivity index (χ2v) is 6.96. The number of fused-ring (bicyclic) bond motifs is 1. The Morgan fingerprint density at radius 2 is 2.00 bits per heavy atom.